The molecule has 4 rings (SSSR count). The van der Waals surface area contributed by atoms with E-state index < -0.39 is 17.3 Å². The predicted molar refractivity (Wildman–Crippen MR) is 113 cm³/mol. The van der Waals surface area contributed by atoms with E-state index in [2.05, 4.69) is 6.92 Å². The first-order valence-electron chi connectivity index (χ1n) is 10.6. The van der Waals surface area contributed by atoms with E-state index in [9.17, 15) is 13.2 Å². The lowest BCUT2D eigenvalue weighted by molar-refractivity contribution is -0.281. The summed E-state index contributed by atoms with van der Waals surface area (Å²) in [5.74, 6) is 6.97. The van der Waals surface area contributed by atoms with Gasteiger partial charge in [-0.3, -0.25) is 5.84 Å². The van der Waals surface area contributed by atoms with Crippen molar-refractivity contribution >= 4 is 0 Å². The highest BCUT2D eigenvalue weighted by atomic mass is 19.4. The Bertz CT molecular complexity index is 950. The average molecular weight is 435 g/mol. The van der Waals surface area contributed by atoms with Gasteiger partial charge >= 0.3 is 6.18 Å². The minimum Gasteiger partial charge on any atom is -0.496 e. The van der Waals surface area contributed by atoms with Gasteiger partial charge in [0.1, 0.15) is 5.75 Å². The largest absolute Gasteiger partial charge is 0.496 e. The molecule has 2 aliphatic heterocycles. The van der Waals surface area contributed by atoms with Crippen molar-refractivity contribution in [2.45, 2.75) is 56.3 Å². The van der Waals surface area contributed by atoms with Gasteiger partial charge in [-0.15, -0.1) is 0 Å². The van der Waals surface area contributed by atoms with Crippen LogP contribution in [0.25, 0.3) is 0 Å². The maximum atomic E-state index is 14.1. The molecule has 0 spiro atoms. The zero-order valence-electron chi connectivity index (χ0n) is 18.1. The quantitative estimate of drug-likeness (QED) is 0.690. The predicted octanol–water partition coefficient (Wildman–Crippen LogP) is 5.01. The number of hydrogen-bond donors (Lipinski definition) is 1. The van der Waals surface area contributed by atoms with Gasteiger partial charge in [0.05, 0.1) is 19.3 Å². The first kappa shape index (κ1) is 22.1. The molecule has 168 valence electrons. The van der Waals surface area contributed by atoms with Gasteiger partial charge in [0, 0.05) is 12.5 Å². The summed E-state index contributed by atoms with van der Waals surface area (Å²) < 4.78 is 53.2. The number of alkyl halides is 3. The molecular formula is C24H29F3N2O2. The summed E-state index contributed by atoms with van der Waals surface area (Å²) in [5, 5.41) is 1.81. The molecule has 1 fully saturated rings. The van der Waals surface area contributed by atoms with Crippen LogP contribution in [-0.4, -0.2) is 31.4 Å². The number of ether oxygens (including phenoxy) is 2. The van der Waals surface area contributed by atoms with Gasteiger partial charge in [-0.25, -0.2) is 5.01 Å². The van der Waals surface area contributed by atoms with Crippen molar-refractivity contribution in [1.82, 2.24) is 5.01 Å². The second kappa shape index (κ2) is 7.80. The highest BCUT2D eigenvalue weighted by molar-refractivity contribution is 5.50. The molecule has 0 aromatic heterocycles. The molecule has 0 saturated carbocycles. The molecule has 0 aliphatic carbocycles. The number of hydrazine groups is 1. The number of piperidine rings is 1. The maximum absolute atomic E-state index is 14.1. The third-order valence-corrected chi connectivity index (χ3v) is 7.17. The third kappa shape index (κ3) is 3.43. The van der Waals surface area contributed by atoms with E-state index in [-0.39, 0.29) is 18.1 Å². The van der Waals surface area contributed by atoms with Crippen LogP contribution in [0.3, 0.4) is 0 Å². The Balaban J connectivity index is 1.92. The Kier molecular flexibility index (Phi) is 5.56. The minimum absolute atomic E-state index is 0.0211. The highest BCUT2D eigenvalue weighted by Crippen LogP contribution is 2.52. The summed E-state index contributed by atoms with van der Waals surface area (Å²) >= 11 is 0. The second-order valence-electron chi connectivity index (χ2n) is 8.78. The lowest BCUT2D eigenvalue weighted by atomic mass is 9.69. The van der Waals surface area contributed by atoms with Crippen LogP contribution < -0.4 is 10.6 Å². The molecule has 0 radical (unpaired) electrons. The molecule has 2 aromatic rings. The second-order valence-corrected chi connectivity index (χ2v) is 8.78. The number of halogens is 3. The molecule has 2 aromatic carbocycles. The molecule has 0 bridgehead atoms. The zero-order valence-corrected chi connectivity index (χ0v) is 18.1. The van der Waals surface area contributed by atoms with Crippen molar-refractivity contribution < 1.29 is 22.6 Å². The van der Waals surface area contributed by atoms with E-state index in [0.29, 0.717) is 24.3 Å². The molecule has 3 atom stereocenters. The van der Waals surface area contributed by atoms with Gasteiger partial charge in [-0.2, -0.15) is 13.2 Å². The zero-order chi connectivity index (χ0) is 22.4. The Morgan fingerprint density at radius 1 is 1.16 bits per heavy atom. The van der Waals surface area contributed by atoms with E-state index in [0.717, 1.165) is 30.9 Å². The standard InChI is InChI=1S/C24H29F3N2O2/c1-22(17-8-5-4-6-9-17)19(10-7-12-29(22)28)18-15-20-16(14-21(18)30-3)11-13-31-23(20,2)24(25,26)27/h4-6,8-9,14-15,19H,7,10-13,28H2,1-3H3/t19-,22+,23+/m0/s1. The normalized spacial score (nSPS) is 29.5. The van der Waals surface area contributed by atoms with Crippen LogP contribution in [0.2, 0.25) is 0 Å². The van der Waals surface area contributed by atoms with Crippen molar-refractivity contribution in [2.24, 2.45) is 5.84 Å². The van der Waals surface area contributed by atoms with Crippen molar-refractivity contribution in [1.29, 1.82) is 0 Å². The van der Waals surface area contributed by atoms with Crippen LogP contribution in [-0.2, 0) is 22.3 Å². The summed E-state index contributed by atoms with van der Waals surface area (Å²) in [7, 11) is 1.57. The first-order chi connectivity index (χ1) is 14.6. The van der Waals surface area contributed by atoms with Gasteiger partial charge in [-0.1, -0.05) is 30.3 Å². The molecule has 1 saturated heterocycles. The van der Waals surface area contributed by atoms with Crippen molar-refractivity contribution in [3.63, 3.8) is 0 Å². The molecule has 2 heterocycles. The third-order valence-electron chi connectivity index (χ3n) is 7.17. The SMILES string of the molecule is COc1cc2c(cc1[C@@H]1CCCN(N)[C@]1(C)c1ccccc1)[C@](C)(C(F)(F)F)OCC2. The summed E-state index contributed by atoms with van der Waals surface area (Å²) in [6, 6.07) is 13.3. The number of hydrogen-bond acceptors (Lipinski definition) is 4. The Labute approximate surface area is 181 Å². The van der Waals surface area contributed by atoms with Gasteiger partial charge < -0.3 is 9.47 Å². The van der Waals surface area contributed by atoms with E-state index in [1.54, 1.807) is 19.2 Å². The Morgan fingerprint density at radius 3 is 2.52 bits per heavy atom. The van der Waals surface area contributed by atoms with Crippen LogP contribution in [0.15, 0.2) is 42.5 Å². The van der Waals surface area contributed by atoms with Crippen LogP contribution >= 0.6 is 0 Å². The summed E-state index contributed by atoms with van der Waals surface area (Å²) in [6.07, 6.45) is -2.47. The molecular weight excluding hydrogens is 405 g/mol. The molecule has 4 nitrogen and oxygen atoms in total. The Hall–Kier alpha value is -2.09. The average Bonchev–Trinajstić information content (AvgIpc) is 2.75. The van der Waals surface area contributed by atoms with Crippen molar-refractivity contribution in [2.75, 3.05) is 20.3 Å². The Morgan fingerprint density at radius 2 is 1.87 bits per heavy atom. The smallest absolute Gasteiger partial charge is 0.421 e. The number of benzene rings is 2. The molecule has 7 heteroatoms. The topological polar surface area (TPSA) is 47.7 Å². The minimum atomic E-state index is -4.52. The van der Waals surface area contributed by atoms with E-state index in [1.165, 1.54) is 0 Å². The van der Waals surface area contributed by atoms with E-state index in [1.807, 2.05) is 35.3 Å². The molecule has 2 N–H and O–H groups in total. The van der Waals surface area contributed by atoms with E-state index >= 15 is 0 Å². The van der Waals surface area contributed by atoms with Gasteiger partial charge in [-0.05, 0) is 67.5 Å². The fourth-order valence-electron chi connectivity index (χ4n) is 5.20. The molecule has 0 amide bonds. The van der Waals surface area contributed by atoms with Crippen molar-refractivity contribution in [3.05, 3.63) is 64.7 Å². The summed E-state index contributed by atoms with van der Waals surface area (Å²) in [5.41, 5.74) is -0.381. The molecule has 2 aliphatic rings. The maximum Gasteiger partial charge on any atom is 0.421 e. The molecule has 31 heavy (non-hydrogen) atoms. The fourth-order valence-corrected chi connectivity index (χ4v) is 5.20. The fraction of sp³-hybridized carbons (Fsp3) is 0.500. The van der Waals surface area contributed by atoms with Crippen LogP contribution in [0.4, 0.5) is 13.2 Å². The lowest BCUT2D eigenvalue weighted by Crippen LogP contribution is -2.55. The lowest BCUT2D eigenvalue weighted by Gasteiger charge is -2.49. The van der Waals surface area contributed by atoms with Crippen molar-refractivity contribution in [3.8, 4) is 5.75 Å². The van der Waals surface area contributed by atoms with Crippen LogP contribution in [0.5, 0.6) is 5.75 Å². The van der Waals surface area contributed by atoms with Gasteiger partial charge in [0.25, 0.3) is 0 Å². The van der Waals surface area contributed by atoms with Gasteiger partial charge in [0.15, 0.2) is 5.60 Å². The number of nitrogens with two attached hydrogens (primary N) is 1. The summed E-state index contributed by atoms with van der Waals surface area (Å²) in [4.78, 5) is 0. The van der Waals surface area contributed by atoms with Crippen LogP contribution in [0.1, 0.15) is 54.9 Å². The van der Waals surface area contributed by atoms with E-state index in [4.69, 9.17) is 15.3 Å². The summed E-state index contributed by atoms with van der Waals surface area (Å²) in [6.45, 7) is 3.91. The van der Waals surface area contributed by atoms with Gasteiger partial charge in [0.2, 0.25) is 0 Å². The number of methoxy groups -OCH3 is 1. The monoisotopic (exact) mass is 434 g/mol. The number of nitrogens with zero attached hydrogens (tertiary/aromatic N) is 1. The number of rotatable bonds is 3. The van der Waals surface area contributed by atoms with Crippen LogP contribution in [0, 0.1) is 0 Å². The highest BCUT2D eigenvalue weighted by Gasteiger charge is 2.56. The first-order valence-corrected chi connectivity index (χ1v) is 10.6. The number of fused-ring (bicyclic) bond motifs is 1. The molecule has 0 unspecified atom stereocenters.